The molecule has 4 rings (SSSR count). The summed E-state index contributed by atoms with van der Waals surface area (Å²) in [6, 6.07) is 11.2. The maximum atomic E-state index is 12.8. The number of methoxy groups -OCH3 is 2. The summed E-state index contributed by atoms with van der Waals surface area (Å²) in [7, 11) is 3.21. The van der Waals surface area contributed by atoms with Gasteiger partial charge in [0.25, 0.3) is 5.56 Å². The summed E-state index contributed by atoms with van der Waals surface area (Å²) in [5, 5.41) is 1.46. The highest BCUT2D eigenvalue weighted by Gasteiger charge is 2.12. The molecule has 0 aliphatic rings. The van der Waals surface area contributed by atoms with Crippen LogP contribution in [0.15, 0.2) is 47.5 Å². The van der Waals surface area contributed by atoms with Crippen molar-refractivity contribution in [3.63, 3.8) is 0 Å². The Morgan fingerprint density at radius 2 is 1.93 bits per heavy atom. The number of hydrogen-bond donors (Lipinski definition) is 1. The fourth-order valence-electron chi connectivity index (χ4n) is 3.21. The molecule has 0 spiro atoms. The summed E-state index contributed by atoms with van der Waals surface area (Å²) in [6.45, 7) is 0.507. The number of halogens is 1. The first kappa shape index (κ1) is 17.4. The number of aromatic amines is 1. The van der Waals surface area contributed by atoms with Gasteiger partial charge >= 0.3 is 0 Å². The van der Waals surface area contributed by atoms with Crippen molar-refractivity contribution in [1.82, 2.24) is 14.5 Å². The standard InChI is InChI=1S/C20H18ClN3O3/c1-26-16-6-3-12(9-17(16)27-2)7-8-24-11-22-18-14-10-13(21)4-5-15(14)23-19(18)20(24)25/h3-6,9-11,23H,7-8H2,1-2H3. The van der Waals surface area contributed by atoms with E-state index in [-0.39, 0.29) is 5.56 Å². The van der Waals surface area contributed by atoms with Crippen LogP contribution in [0.25, 0.3) is 21.9 Å². The van der Waals surface area contributed by atoms with Gasteiger partial charge in [-0.2, -0.15) is 0 Å². The number of H-pyrrole nitrogens is 1. The number of nitrogens with one attached hydrogen (secondary N) is 1. The molecule has 1 N–H and O–H groups in total. The van der Waals surface area contributed by atoms with Crippen LogP contribution in [0.2, 0.25) is 5.02 Å². The van der Waals surface area contributed by atoms with Crippen LogP contribution >= 0.6 is 11.6 Å². The van der Waals surface area contributed by atoms with E-state index in [1.54, 1.807) is 31.2 Å². The highest BCUT2D eigenvalue weighted by molar-refractivity contribution is 6.31. The maximum absolute atomic E-state index is 12.8. The molecule has 2 aromatic heterocycles. The average molecular weight is 384 g/mol. The molecule has 0 saturated heterocycles. The van der Waals surface area contributed by atoms with E-state index in [0.29, 0.717) is 40.5 Å². The number of ether oxygens (including phenoxy) is 2. The van der Waals surface area contributed by atoms with Gasteiger partial charge in [0, 0.05) is 22.5 Å². The Morgan fingerprint density at radius 1 is 1.11 bits per heavy atom. The van der Waals surface area contributed by atoms with Crippen molar-refractivity contribution in [2.24, 2.45) is 0 Å². The van der Waals surface area contributed by atoms with Crippen molar-refractivity contribution in [2.45, 2.75) is 13.0 Å². The van der Waals surface area contributed by atoms with Crippen LogP contribution in [0.3, 0.4) is 0 Å². The zero-order valence-electron chi connectivity index (χ0n) is 15.0. The molecule has 0 atom stereocenters. The van der Waals surface area contributed by atoms with E-state index in [4.69, 9.17) is 21.1 Å². The minimum Gasteiger partial charge on any atom is -0.493 e. The second-order valence-electron chi connectivity index (χ2n) is 6.22. The minimum absolute atomic E-state index is 0.104. The summed E-state index contributed by atoms with van der Waals surface area (Å²) < 4.78 is 12.2. The van der Waals surface area contributed by atoms with E-state index in [9.17, 15) is 4.79 Å². The van der Waals surface area contributed by atoms with Crippen molar-refractivity contribution >= 4 is 33.5 Å². The lowest BCUT2D eigenvalue weighted by Gasteiger charge is -2.10. The molecule has 27 heavy (non-hydrogen) atoms. The molecule has 7 heteroatoms. The normalized spacial score (nSPS) is 11.2. The third-order valence-corrected chi connectivity index (χ3v) is 4.86. The molecule has 6 nitrogen and oxygen atoms in total. The largest absolute Gasteiger partial charge is 0.493 e. The molecule has 0 bridgehead atoms. The second kappa shape index (κ2) is 6.96. The Hall–Kier alpha value is -2.99. The third kappa shape index (κ3) is 3.13. The van der Waals surface area contributed by atoms with E-state index in [1.165, 1.54) is 0 Å². The van der Waals surface area contributed by atoms with Gasteiger partial charge in [0.2, 0.25) is 0 Å². The van der Waals surface area contributed by atoms with Gasteiger partial charge in [0.15, 0.2) is 11.5 Å². The monoisotopic (exact) mass is 383 g/mol. The van der Waals surface area contributed by atoms with Crippen molar-refractivity contribution in [3.8, 4) is 11.5 Å². The number of fused-ring (bicyclic) bond motifs is 3. The predicted octanol–water partition coefficient (Wildman–Crippen LogP) is 3.79. The second-order valence-corrected chi connectivity index (χ2v) is 6.66. The molecule has 0 radical (unpaired) electrons. The predicted molar refractivity (Wildman–Crippen MR) is 106 cm³/mol. The Labute approximate surface area is 160 Å². The molecule has 0 aliphatic carbocycles. The number of nitrogens with zero attached hydrogens (tertiary/aromatic N) is 2. The van der Waals surface area contributed by atoms with E-state index in [0.717, 1.165) is 16.5 Å². The van der Waals surface area contributed by atoms with Crippen LogP contribution in [0.5, 0.6) is 11.5 Å². The zero-order valence-corrected chi connectivity index (χ0v) is 15.7. The molecule has 0 amide bonds. The fraction of sp³-hybridized carbons (Fsp3) is 0.200. The van der Waals surface area contributed by atoms with Gasteiger partial charge in [-0.25, -0.2) is 4.98 Å². The molecular weight excluding hydrogens is 366 g/mol. The maximum Gasteiger partial charge on any atom is 0.277 e. The third-order valence-electron chi connectivity index (χ3n) is 4.62. The molecule has 0 fully saturated rings. The lowest BCUT2D eigenvalue weighted by molar-refractivity contribution is 0.354. The molecule has 138 valence electrons. The number of hydrogen-bond acceptors (Lipinski definition) is 4. The molecule has 0 aliphatic heterocycles. The van der Waals surface area contributed by atoms with Crippen LogP contribution in [0, 0.1) is 0 Å². The zero-order chi connectivity index (χ0) is 19.0. The smallest absolute Gasteiger partial charge is 0.277 e. The topological polar surface area (TPSA) is 69.1 Å². The van der Waals surface area contributed by atoms with Gasteiger partial charge < -0.3 is 14.5 Å². The van der Waals surface area contributed by atoms with Crippen LogP contribution in [0.4, 0.5) is 0 Å². The Balaban J connectivity index is 1.66. The molecule has 0 saturated carbocycles. The van der Waals surface area contributed by atoms with E-state index in [1.807, 2.05) is 30.3 Å². The number of aryl methyl sites for hydroxylation is 2. The number of aromatic nitrogens is 3. The summed E-state index contributed by atoms with van der Waals surface area (Å²) in [6.07, 6.45) is 2.25. The lowest BCUT2D eigenvalue weighted by Crippen LogP contribution is -2.21. The van der Waals surface area contributed by atoms with Gasteiger partial charge in [-0.1, -0.05) is 17.7 Å². The highest BCUT2D eigenvalue weighted by atomic mass is 35.5. The molecule has 2 heterocycles. The van der Waals surface area contributed by atoms with Crippen molar-refractivity contribution < 1.29 is 9.47 Å². The number of benzene rings is 2. The van der Waals surface area contributed by atoms with Gasteiger partial charge in [-0.05, 0) is 42.3 Å². The Bertz CT molecular complexity index is 1200. The van der Waals surface area contributed by atoms with Crippen LogP contribution < -0.4 is 15.0 Å². The van der Waals surface area contributed by atoms with Crippen LogP contribution in [-0.4, -0.2) is 28.8 Å². The summed E-state index contributed by atoms with van der Waals surface area (Å²) in [5.74, 6) is 1.35. The fourth-order valence-corrected chi connectivity index (χ4v) is 3.38. The van der Waals surface area contributed by atoms with E-state index >= 15 is 0 Å². The molecule has 4 aromatic rings. The van der Waals surface area contributed by atoms with Crippen molar-refractivity contribution in [1.29, 1.82) is 0 Å². The first-order chi connectivity index (χ1) is 13.1. The molecule has 2 aromatic carbocycles. The highest BCUT2D eigenvalue weighted by Crippen LogP contribution is 2.28. The van der Waals surface area contributed by atoms with Gasteiger partial charge in [0.1, 0.15) is 11.0 Å². The lowest BCUT2D eigenvalue weighted by atomic mass is 10.1. The average Bonchev–Trinajstić information content (AvgIpc) is 3.06. The van der Waals surface area contributed by atoms with Gasteiger partial charge in [-0.3, -0.25) is 9.36 Å². The summed E-state index contributed by atoms with van der Waals surface area (Å²) in [4.78, 5) is 20.5. The first-order valence-electron chi connectivity index (χ1n) is 8.48. The van der Waals surface area contributed by atoms with Crippen molar-refractivity contribution in [3.05, 3.63) is 63.7 Å². The minimum atomic E-state index is -0.104. The van der Waals surface area contributed by atoms with Gasteiger partial charge in [0.05, 0.1) is 20.5 Å². The molecule has 0 unspecified atom stereocenters. The molecular formula is C20H18ClN3O3. The van der Waals surface area contributed by atoms with E-state index < -0.39 is 0 Å². The van der Waals surface area contributed by atoms with E-state index in [2.05, 4.69) is 9.97 Å². The first-order valence-corrected chi connectivity index (χ1v) is 8.86. The Kier molecular flexibility index (Phi) is 4.49. The quantitative estimate of drug-likeness (QED) is 0.569. The van der Waals surface area contributed by atoms with Crippen LogP contribution in [-0.2, 0) is 13.0 Å². The summed E-state index contributed by atoms with van der Waals surface area (Å²) >= 11 is 6.07. The van der Waals surface area contributed by atoms with Crippen molar-refractivity contribution in [2.75, 3.05) is 14.2 Å². The van der Waals surface area contributed by atoms with Gasteiger partial charge in [-0.15, -0.1) is 0 Å². The number of rotatable bonds is 5. The Morgan fingerprint density at radius 3 is 2.70 bits per heavy atom. The SMILES string of the molecule is COc1ccc(CCn2cnc3c([nH]c4ccc(Cl)cc43)c2=O)cc1OC. The summed E-state index contributed by atoms with van der Waals surface area (Å²) in [5.41, 5.74) is 2.91. The van der Waals surface area contributed by atoms with Crippen LogP contribution in [0.1, 0.15) is 5.56 Å².